The van der Waals surface area contributed by atoms with Crippen LogP contribution in [-0.4, -0.2) is 325 Å². The second kappa shape index (κ2) is 52.7. The average molecular weight is 2020 g/mol. The molecule has 3 saturated heterocycles. The van der Waals surface area contributed by atoms with Gasteiger partial charge in [0.1, 0.15) is 102 Å². The molecule has 3 unspecified atom stereocenters. The van der Waals surface area contributed by atoms with Crippen LogP contribution in [-0.2, 0) is 112 Å². The van der Waals surface area contributed by atoms with Crippen LogP contribution in [0.25, 0.3) is 21.8 Å². The van der Waals surface area contributed by atoms with Crippen molar-refractivity contribution in [3.8, 4) is 5.75 Å². The van der Waals surface area contributed by atoms with Crippen LogP contribution in [0.2, 0.25) is 0 Å². The number of nitrogens with one attached hydrogen (secondary N) is 13. The number of hydrogen-bond donors (Lipinski definition) is 18. The molecule has 17 amide bonds. The average Bonchev–Trinajstić information content (AvgIpc) is 1.65. The number of carbonyl (C=O) groups excluding carboxylic acids is 17. The zero-order valence-corrected chi connectivity index (χ0v) is 83.0. The number of aromatic nitrogens is 6. The Morgan fingerprint density at radius 3 is 1.78 bits per heavy atom. The number of anilines is 2. The van der Waals surface area contributed by atoms with Gasteiger partial charge in [-0.3, -0.25) is 96.3 Å². The Balaban J connectivity index is 1.06. The highest BCUT2D eigenvalue weighted by atomic mass is 32.2. The van der Waals surface area contributed by atoms with Crippen LogP contribution >= 0.6 is 11.8 Å². The van der Waals surface area contributed by atoms with E-state index in [-0.39, 0.29) is 81.2 Å². The Morgan fingerprint density at radius 2 is 1.12 bits per heavy atom. The molecule has 0 saturated carbocycles. The van der Waals surface area contributed by atoms with Crippen molar-refractivity contribution in [1.82, 2.24) is 107 Å². The minimum absolute atomic E-state index is 0.0175. The number of fused-ring (bicyclic) bond motifs is 4. The molecule has 47 heteroatoms. The Labute approximate surface area is 835 Å². The maximum atomic E-state index is 16.2. The van der Waals surface area contributed by atoms with E-state index in [0.717, 1.165) is 36.3 Å². The number of likely N-dealkylation sites (N-methyl/N-ethyl adjacent to an activating group) is 3. The number of benzene rings is 3. The standard InChI is InChI=1S/C97H131N25O21S/c1-11-13-23-73-89(135)108-64(36-53(3)4)86(132)114-71(85(131)106-45-78(99)126)51-144-52-81(127)107-67(38-56-27-29-59(123)30-28-56)93(139)117(8)55(7)84(130)110-69(42-77(98)125)95(141)121-35-19-26-74(121)90(136)113-70(44-105-79-46-100-31-33-102-79)88(134)111-66(37-54(5)6)96(142)122-49-60(124)41-76(122)91(137)109-65(39-57-43-104-63-22-17-15-20-61(57)63)87(133)116-83(115-80-47-101-32-34-103-80)92(138)112-68(94(140)119(10)75(24-14-12-2)97(143)118(73)9)40-58-48-120(50-82(128)129)72-25-18-16-21-62(58)72/h15-18,20-22,25,27-34,43,46-48,53-55,60,64-71,73-76,83,104,123-124H,11-14,19,23-24,26,35-42,44-45,49-52H2,1-10H3,(H2,98,125)(H2,99,126)(H,102,105)(H,103,115)(H,106,131)(H,107,127)(H,108,135)(H,109,137)(H,110,130)(H,111,134)(H,112,138)(H,113,136)(H,114,132)(H,116,133)(H,128,129)/t55-,60+,64-,65-,66-,67-,68-,69-,70-,71-,73-,74?,75-,76?,83?/m0/s1. The van der Waals surface area contributed by atoms with Gasteiger partial charge < -0.3 is 125 Å². The van der Waals surface area contributed by atoms with Gasteiger partial charge in [0.15, 0.2) is 6.17 Å². The second-order valence-corrected chi connectivity index (χ2v) is 38.1. The first-order chi connectivity index (χ1) is 68.6. The highest BCUT2D eigenvalue weighted by Crippen LogP contribution is 2.29. The molecule has 46 nitrogen and oxygen atoms in total. The monoisotopic (exact) mass is 2010 g/mol. The fourth-order valence-corrected chi connectivity index (χ4v) is 18.4. The first-order valence-corrected chi connectivity index (χ1v) is 49.1. The summed E-state index contributed by atoms with van der Waals surface area (Å²) in [6, 6.07) is -1.18. The molecule has 3 aromatic carbocycles. The molecule has 20 N–H and O–H groups in total. The number of nitrogens with zero attached hydrogens (tertiary/aromatic N) is 10. The van der Waals surface area contributed by atoms with Crippen LogP contribution < -0.4 is 75.3 Å². The summed E-state index contributed by atoms with van der Waals surface area (Å²) in [4.78, 5) is 292. The summed E-state index contributed by atoms with van der Waals surface area (Å²) in [5, 5.41) is 65.8. The molecule has 0 radical (unpaired) electrons. The van der Waals surface area contributed by atoms with Crippen LogP contribution in [0.15, 0.2) is 122 Å². The molecule has 4 aromatic heterocycles. The number of para-hydroxylation sites is 2. The van der Waals surface area contributed by atoms with Crippen LogP contribution in [0, 0.1) is 11.8 Å². The molecule has 10 rings (SSSR count). The number of phenols is 1. The van der Waals surface area contributed by atoms with Gasteiger partial charge in [-0.2, -0.15) is 0 Å². The molecule has 15 atom stereocenters. The zero-order chi connectivity index (χ0) is 105. The van der Waals surface area contributed by atoms with Gasteiger partial charge in [-0.1, -0.05) is 116 Å². The number of hydrogen-bond acceptors (Lipinski definition) is 27. The smallest absolute Gasteiger partial charge is 0.323 e. The lowest BCUT2D eigenvalue weighted by atomic mass is 9.99. The molecule has 144 heavy (non-hydrogen) atoms. The fourth-order valence-electron chi connectivity index (χ4n) is 17.6. The van der Waals surface area contributed by atoms with Crippen LogP contribution in [0.5, 0.6) is 5.75 Å². The van der Waals surface area contributed by atoms with Gasteiger partial charge in [0, 0.05) is 131 Å². The predicted octanol–water partition coefficient (Wildman–Crippen LogP) is -0.784. The van der Waals surface area contributed by atoms with Crippen molar-refractivity contribution in [3.05, 3.63) is 139 Å². The van der Waals surface area contributed by atoms with Crippen molar-refractivity contribution in [1.29, 1.82) is 0 Å². The summed E-state index contributed by atoms with van der Waals surface area (Å²) in [6.07, 6.45) is 6.60. The van der Waals surface area contributed by atoms with E-state index < -0.39 is 260 Å². The van der Waals surface area contributed by atoms with Crippen molar-refractivity contribution in [3.63, 3.8) is 0 Å². The summed E-state index contributed by atoms with van der Waals surface area (Å²) in [5.41, 5.74) is 13.4. The van der Waals surface area contributed by atoms with E-state index in [9.17, 15) is 53.7 Å². The summed E-state index contributed by atoms with van der Waals surface area (Å²) >= 11 is 0.779. The number of thioether (sulfide) groups is 1. The van der Waals surface area contributed by atoms with E-state index in [1.54, 1.807) is 82.4 Å². The van der Waals surface area contributed by atoms with Gasteiger partial charge in [-0.25, -0.2) is 9.97 Å². The number of unbranched alkanes of at least 4 members (excludes halogenated alkanes) is 2. The molecular weight excluding hydrogens is 1880 g/mol. The number of carboxylic acid groups (broad SMARTS) is 1. The van der Waals surface area contributed by atoms with Gasteiger partial charge in [-0.05, 0) is 98.2 Å². The van der Waals surface area contributed by atoms with Crippen molar-refractivity contribution in [2.75, 3.05) is 69.5 Å². The van der Waals surface area contributed by atoms with Gasteiger partial charge in [0.2, 0.25) is 94.5 Å². The number of nitrogens with two attached hydrogens (primary N) is 2. The third-order valence-electron chi connectivity index (χ3n) is 25.2. The number of aromatic hydroxyl groups is 1. The number of phenolic OH excluding ortho intramolecular Hbond substituents is 1. The number of aromatic amines is 1. The highest BCUT2D eigenvalue weighted by molar-refractivity contribution is 8.00. The van der Waals surface area contributed by atoms with E-state index in [1.165, 1.54) is 100 Å². The van der Waals surface area contributed by atoms with E-state index >= 15 is 47.9 Å². The SMILES string of the molecule is CCCC[C@H]1C(=O)N(C)[C@@H](CCCC)C(=O)N[C@@H](CC(C)C)C(=O)N[C@H](C(=O)NCC(N)=O)CSCC(=O)N[C@@H](Cc2ccc(O)cc2)C(=O)N(C)[C@@H](C)C(=O)N[C@@H](CC(N)=O)C(=O)N2CCCC2C(=O)N[C@@H](CNc2cnccn2)C(=O)N[C@@H](CC(C)C)C(=O)N2C[C@H](O)CC2C(=O)N[C@@H](Cc2c[nH]c3ccccc23)C(=O)NC(Nc2cnccn2)C(=O)N[C@@H](Cc2cn(CC(=O)O)c3ccccc23)C(=O)N1C. The van der Waals surface area contributed by atoms with E-state index in [4.69, 9.17) is 11.5 Å². The molecule has 0 aliphatic carbocycles. The number of aliphatic carboxylic acids is 1. The first kappa shape index (κ1) is 111. The molecule has 3 fully saturated rings. The first-order valence-electron chi connectivity index (χ1n) is 48.0. The summed E-state index contributed by atoms with van der Waals surface area (Å²) in [5.74, 6) is -19.4. The number of aliphatic hydroxyl groups excluding tert-OH is 1. The fraction of sp³-hybridized carbons (Fsp3) is 0.505. The van der Waals surface area contributed by atoms with E-state index in [2.05, 4.69) is 88.7 Å². The topological polar surface area (TPSA) is 653 Å². The van der Waals surface area contributed by atoms with Crippen molar-refractivity contribution < 1.29 is 102 Å². The third kappa shape index (κ3) is 30.8. The van der Waals surface area contributed by atoms with Gasteiger partial charge in [0.25, 0.3) is 5.91 Å². The molecule has 0 bridgehead atoms. The Morgan fingerprint density at radius 1 is 0.556 bits per heavy atom. The Bertz CT molecular complexity index is 5740. The lowest BCUT2D eigenvalue weighted by Crippen LogP contribution is -2.62. The second-order valence-electron chi connectivity index (χ2n) is 37.1. The highest BCUT2D eigenvalue weighted by Gasteiger charge is 2.47. The summed E-state index contributed by atoms with van der Waals surface area (Å²) < 4.78 is 1.43. The number of primary amides is 2. The minimum Gasteiger partial charge on any atom is -0.508 e. The maximum absolute atomic E-state index is 16.2. The number of carboxylic acids is 1. The van der Waals surface area contributed by atoms with Crippen LogP contribution in [0.4, 0.5) is 11.6 Å². The number of amides is 17. The van der Waals surface area contributed by atoms with E-state index in [1.807, 2.05) is 13.8 Å². The number of carbonyl (C=O) groups is 18. The van der Waals surface area contributed by atoms with Crippen LogP contribution in [0.1, 0.15) is 142 Å². The summed E-state index contributed by atoms with van der Waals surface area (Å²) in [7, 11) is 3.89. The zero-order valence-electron chi connectivity index (χ0n) is 82.1. The number of H-pyrrole nitrogens is 1. The normalized spacial score (nSPS) is 23.9. The third-order valence-corrected chi connectivity index (χ3v) is 26.2. The summed E-state index contributed by atoms with van der Waals surface area (Å²) in [6.45, 7) is 9.54. The Hall–Kier alpha value is -14.9. The van der Waals surface area contributed by atoms with Crippen molar-refractivity contribution in [2.45, 2.75) is 242 Å². The predicted molar refractivity (Wildman–Crippen MR) is 528 cm³/mol. The molecule has 7 heterocycles. The largest absolute Gasteiger partial charge is 0.508 e. The van der Waals surface area contributed by atoms with Gasteiger partial charge >= 0.3 is 5.97 Å². The van der Waals surface area contributed by atoms with Gasteiger partial charge in [0.05, 0.1) is 37.2 Å². The molecule has 0 spiro atoms. The minimum atomic E-state index is -1.99. The molecule has 3 aliphatic rings. The molecular formula is C97H131N25O21S. The van der Waals surface area contributed by atoms with Crippen LogP contribution in [0.3, 0.4) is 0 Å². The Kier molecular flexibility index (Phi) is 40.6. The van der Waals surface area contributed by atoms with E-state index in [0.29, 0.717) is 64.2 Å². The lowest BCUT2D eigenvalue weighted by molar-refractivity contribution is -0.149. The van der Waals surface area contributed by atoms with Gasteiger partial charge in [-0.15, -0.1) is 11.8 Å². The maximum Gasteiger partial charge on any atom is 0.323 e. The van der Waals surface area contributed by atoms with Crippen molar-refractivity contribution >= 4 is 152 Å². The quantitative estimate of drug-likeness (QED) is 0.0286. The molecule has 7 aromatic rings. The number of rotatable bonds is 28. The van der Waals surface area contributed by atoms with Crippen molar-refractivity contribution in [2.24, 2.45) is 23.3 Å². The molecule has 3 aliphatic heterocycles. The molecule has 776 valence electrons. The lowest BCUT2D eigenvalue weighted by Gasteiger charge is -2.36. The number of aliphatic hydroxyl groups is 1.